The van der Waals surface area contributed by atoms with E-state index in [2.05, 4.69) is 20.0 Å². The molecule has 0 aliphatic rings. The van der Waals surface area contributed by atoms with Crippen molar-refractivity contribution in [3.05, 3.63) is 42.0 Å². The zero-order chi connectivity index (χ0) is 22.2. The van der Waals surface area contributed by atoms with Gasteiger partial charge in [-0.3, -0.25) is 9.18 Å². The minimum Gasteiger partial charge on any atom is -0.406 e. The highest BCUT2D eigenvalue weighted by atomic mass is 32.1. The van der Waals surface area contributed by atoms with Gasteiger partial charge in [-0.1, -0.05) is 11.3 Å². The maximum Gasteiger partial charge on any atom is 0.573 e. The Bertz CT molecular complexity index is 1270. The van der Waals surface area contributed by atoms with Gasteiger partial charge in [-0.15, -0.1) is 13.2 Å². The summed E-state index contributed by atoms with van der Waals surface area (Å²) < 4.78 is 55.8. The van der Waals surface area contributed by atoms with Crippen LogP contribution in [0, 0.1) is 0 Å². The highest BCUT2D eigenvalue weighted by Gasteiger charge is 2.31. The van der Waals surface area contributed by atoms with E-state index in [1.165, 1.54) is 18.2 Å². The van der Waals surface area contributed by atoms with Crippen LogP contribution in [-0.2, 0) is 7.05 Å². The molecule has 0 amide bonds. The summed E-state index contributed by atoms with van der Waals surface area (Å²) in [5, 5.41) is 3.50. The van der Waals surface area contributed by atoms with Gasteiger partial charge in [-0.2, -0.15) is 0 Å². The first-order valence-electron chi connectivity index (χ1n) is 9.22. The molecule has 0 saturated carbocycles. The molecule has 0 atom stereocenters. The number of benzene rings is 2. The number of carbonyl (C=O) groups excluding carboxylic acids is 1. The van der Waals surface area contributed by atoms with Crippen LogP contribution in [0.3, 0.4) is 0 Å². The lowest BCUT2D eigenvalue weighted by molar-refractivity contribution is -0.274. The van der Waals surface area contributed by atoms with Gasteiger partial charge in [-0.05, 0) is 36.8 Å². The Morgan fingerprint density at radius 2 is 1.97 bits per heavy atom. The average molecular weight is 452 g/mol. The first-order chi connectivity index (χ1) is 14.7. The van der Waals surface area contributed by atoms with Gasteiger partial charge in [-0.25, -0.2) is 9.97 Å². The number of ketones is 1. The highest BCUT2D eigenvalue weighted by Crippen LogP contribution is 2.33. The topological polar surface area (TPSA) is 69.0 Å². The molecule has 0 radical (unpaired) electrons. The second-order valence-electron chi connectivity index (χ2n) is 6.73. The number of thiazole rings is 1. The van der Waals surface area contributed by atoms with Gasteiger partial charge in [0.25, 0.3) is 0 Å². The fraction of sp³-hybridized carbons (Fsp3) is 0.250. The third-order valence-corrected chi connectivity index (χ3v) is 5.49. The number of halogens is 4. The van der Waals surface area contributed by atoms with Gasteiger partial charge >= 0.3 is 6.36 Å². The molecule has 0 saturated heterocycles. The first kappa shape index (κ1) is 21.0. The predicted octanol–water partition coefficient (Wildman–Crippen LogP) is 5.76. The van der Waals surface area contributed by atoms with E-state index in [0.29, 0.717) is 32.4 Å². The van der Waals surface area contributed by atoms with E-state index in [0.717, 1.165) is 16.9 Å². The molecule has 0 unspecified atom stereocenters. The summed E-state index contributed by atoms with van der Waals surface area (Å²) in [5.41, 5.74) is 2.33. The van der Waals surface area contributed by atoms with Crippen LogP contribution >= 0.6 is 11.3 Å². The molecule has 4 rings (SSSR count). The quantitative estimate of drug-likeness (QED) is 0.285. The Labute approximate surface area is 177 Å². The van der Waals surface area contributed by atoms with Crippen LogP contribution in [0.25, 0.3) is 21.3 Å². The molecule has 31 heavy (non-hydrogen) atoms. The number of nitrogens with zero attached hydrogens (tertiary/aromatic N) is 3. The van der Waals surface area contributed by atoms with E-state index in [1.807, 2.05) is 0 Å². The normalized spacial score (nSPS) is 11.9. The summed E-state index contributed by atoms with van der Waals surface area (Å²) in [5.74, 6) is -0.0140. The minimum absolute atomic E-state index is 0.131. The summed E-state index contributed by atoms with van der Waals surface area (Å²) in [7, 11) is 1.78. The molecule has 2 aromatic heterocycles. The highest BCUT2D eigenvalue weighted by molar-refractivity contribution is 7.22. The van der Waals surface area contributed by atoms with Crippen molar-refractivity contribution in [3.63, 3.8) is 0 Å². The summed E-state index contributed by atoms with van der Waals surface area (Å²) in [4.78, 5) is 21.0. The number of ether oxygens (including phenoxy) is 1. The lowest BCUT2D eigenvalue weighted by Gasteiger charge is -2.07. The monoisotopic (exact) mass is 452 g/mol. The SMILES string of the molecule is Cn1c(Nc2nc3ccc(OC(F)(F)F)cc3s2)nc2cc(C(=O)CCCF)ccc21. The number of imidazole rings is 1. The number of carbonyl (C=O) groups is 1. The Morgan fingerprint density at radius 3 is 2.71 bits per heavy atom. The number of anilines is 2. The van der Waals surface area contributed by atoms with Gasteiger partial charge in [0.2, 0.25) is 5.95 Å². The largest absolute Gasteiger partial charge is 0.573 e. The lowest BCUT2D eigenvalue weighted by Crippen LogP contribution is -2.16. The minimum atomic E-state index is -4.77. The van der Waals surface area contributed by atoms with E-state index in [4.69, 9.17) is 0 Å². The van der Waals surface area contributed by atoms with Crippen LogP contribution in [0.2, 0.25) is 0 Å². The number of Topliss-reactive ketones (excluding diaryl/α,β-unsaturated/α-hetero) is 1. The standard InChI is InChI=1S/C20H16F4N4O2S/c1-28-15-7-4-11(16(29)3-2-8-21)9-14(15)25-18(28)27-19-26-13-6-5-12(10-17(13)31-19)30-20(22,23)24/h4-7,9-10H,2-3,8H2,1H3,(H,25,26,27). The summed E-state index contributed by atoms with van der Waals surface area (Å²) >= 11 is 1.16. The fourth-order valence-corrected chi connectivity index (χ4v) is 4.00. The maximum atomic E-state index is 12.4. The van der Waals surface area contributed by atoms with Crippen LogP contribution < -0.4 is 10.1 Å². The zero-order valence-electron chi connectivity index (χ0n) is 16.2. The van der Waals surface area contributed by atoms with Gasteiger partial charge in [0.1, 0.15) is 5.75 Å². The predicted molar refractivity (Wildman–Crippen MR) is 110 cm³/mol. The van der Waals surface area contributed by atoms with Crippen LogP contribution in [0.5, 0.6) is 5.75 Å². The Hall–Kier alpha value is -3.21. The van der Waals surface area contributed by atoms with Crippen molar-refractivity contribution in [3.8, 4) is 5.75 Å². The maximum absolute atomic E-state index is 12.4. The molecule has 2 heterocycles. The van der Waals surface area contributed by atoms with Crippen LogP contribution in [0.4, 0.5) is 28.6 Å². The van der Waals surface area contributed by atoms with Crippen molar-refractivity contribution < 1.29 is 27.1 Å². The Morgan fingerprint density at radius 1 is 1.16 bits per heavy atom. The molecule has 0 aliphatic heterocycles. The van der Waals surface area contributed by atoms with Crippen molar-refractivity contribution in [2.24, 2.45) is 7.05 Å². The number of fused-ring (bicyclic) bond motifs is 2. The number of aromatic nitrogens is 3. The molecule has 11 heteroatoms. The third-order valence-electron chi connectivity index (χ3n) is 4.55. The number of hydrogen-bond acceptors (Lipinski definition) is 6. The molecule has 0 spiro atoms. The van der Waals surface area contributed by atoms with Crippen molar-refractivity contribution in [1.29, 1.82) is 0 Å². The summed E-state index contributed by atoms with van der Waals surface area (Å²) in [6.45, 7) is -0.544. The van der Waals surface area contributed by atoms with Crippen molar-refractivity contribution >= 4 is 49.4 Å². The molecule has 1 N–H and O–H groups in total. The van der Waals surface area contributed by atoms with Gasteiger partial charge in [0.05, 0.1) is 27.9 Å². The number of rotatable bonds is 7. The molecule has 0 bridgehead atoms. The molecule has 2 aromatic carbocycles. The van der Waals surface area contributed by atoms with Crippen molar-refractivity contribution in [2.45, 2.75) is 19.2 Å². The number of hydrogen-bond donors (Lipinski definition) is 1. The van der Waals surface area contributed by atoms with Crippen LogP contribution in [0.1, 0.15) is 23.2 Å². The van der Waals surface area contributed by atoms with Crippen LogP contribution in [0.15, 0.2) is 36.4 Å². The van der Waals surface area contributed by atoms with Gasteiger partial charge < -0.3 is 14.6 Å². The molecule has 0 aliphatic carbocycles. The number of alkyl halides is 4. The van der Waals surface area contributed by atoms with Gasteiger partial charge in [0.15, 0.2) is 10.9 Å². The van der Waals surface area contributed by atoms with Crippen molar-refractivity contribution in [2.75, 3.05) is 12.0 Å². The molecule has 6 nitrogen and oxygen atoms in total. The number of aryl methyl sites for hydroxylation is 1. The van der Waals surface area contributed by atoms with Gasteiger partial charge in [0, 0.05) is 25.1 Å². The molecule has 162 valence electrons. The van der Waals surface area contributed by atoms with Crippen molar-refractivity contribution in [1.82, 2.24) is 14.5 Å². The fourth-order valence-electron chi connectivity index (χ4n) is 3.11. The Kier molecular flexibility index (Phi) is 5.52. The Balaban J connectivity index is 1.59. The van der Waals surface area contributed by atoms with E-state index in [1.54, 1.807) is 29.8 Å². The molecule has 0 fully saturated rings. The van der Waals surface area contributed by atoms with E-state index < -0.39 is 13.0 Å². The second kappa shape index (κ2) is 8.14. The number of nitrogens with one attached hydrogen (secondary N) is 1. The zero-order valence-corrected chi connectivity index (χ0v) is 17.0. The summed E-state index contributed by atoms with van der Waals surface area (Å²) in [6, 6.07) is 9.01. The van der Waals surface area contributed by atoms with Crippen LogP contribution in [-0.4, -0.2) is 33.4 Å². The average Bonchev–Trinajstić information content (AvgIpc) is 3.24. The van der Waals surface area contributed by atoms with E-state index >= 15 is 0 Å². The lowest BCUT2D eigenvalue weighted by atomic mass is 10.1. The molecular formula is C20H16F4N4O2S. The summed E-state index contributed by atoms with van der Waals surface area (Å²) in [6.07, 6.45) is -4.45. The smallest absolute Gasteiger partial charge is 0.406 e. The van der Waals surface area contributed by atoms with E-state index in [-0.39, 0.29) is 24.4 Å². The first-order valence-corrected chi connectivity index (χ1v) is 10.0. The molecular weight excluding hydrogens is 436 g/mol. The van der Waals surface area contributed by atoms with E-state index in [9.17, 15) is 22.4 Å². The third kappa shape index (κ3) is 4.61. The second-order valence-corrected chi connectivity index (χ2v) is 7.77. The molecule has 4 aromatic rings.